The molecule has 1 aliphatic heterocycles. The molecule has 0 saturated carbocycles. The Balaban J connectivity index is 1.32. The van der Waals surface area contributed by atoms with Crippen LogP contribution in [0.25, 0.3) is 17.1 Å². The molecule has 0 atom stereocenters. The fraction of sp³-hybridized carbons (Fsp3) is 0.217. The predicted octanol–water partition coefficient (Wildman–Crippen LogP) is 3.59. The van der Waals surface area contributed by atoms with Crippen LogP contribution in [0.3, 0.4) is 0 Å². The Kier molecular flexibility index (Phi) is 4.62. The van der Waals surface area contributed by atoms with Crippen LogP contribution < -0.4 is 0 Å². The number of hydrogen-bond acceptors (Lipinski definition) is 5. The van der Waals surface area contributed by atoms with Gasteiger partial charge in [-0.15, -0.1) is 0 Å². The van der Waals surface area contributed by atoms with Crippen molar-refractivity contribution in [2.75, 3.05) is 6.54 Å². The summed E-state index contributed by atoms with van der Waals surface area (Å²) in [5, 5.41) is 4.70. The van der Waals surface area contributed by atoms with E-state index in [1.165, 1.54) is 11.1 Å². The summed E-state index contributed by atoms with van der Waals surface area (Å²) in [5.74, 6) is 0.755. The van der Waals surface area contributed by atoms with Gasteiger partial charge < -0.3 is 0 Å². The molecule has 0 unspecified atom stereocenters. The molecule has 6 nitrogen and oxygen atoms in total. The van der Waals surface area contributed by atoms with Crippen molar-refractivity contribution in [3.8, 4) is 17.1 Å². The van der Waals surface area contributed by atoms with E-state index in [9.17, 15) is 0 Å². The fourth-order valence-electron chi connectivity index (χ4n) is 3.75. The lowest BCUT2D eigenvalue weighted by Crippen LogP contribution is -2.31. The maximum atomic E-state index is 4.79. The molecule has 0 spiro atoms. The molecule has 0 N–H and O–H groups in total. The van der Waals surface area contributed by atoms with Gasteiger partial charge in [-0.2, -0.15) is 5.10 Å². The minimum absolute atomic E-state index is 0.755. The Morgan fingerprint density at radius 2 is 1.93 bits per heavy atom. The Morgan fingerprint density at radius 3 is 2.76 bits per heavy atom. The van der Waals surface area contributed by atoms with Crippen LogP contribution in [0.5, 0.6) is 0 Å². The van der Waals surface area contributed by atoms with Gasteiger partial charge in [0.05, 0.1) is 17.1 Å². The van der Waals surface area contributed by atoms with Crippen molar-refractivity contribution in [2.24, 2.45) is 0 Å². The summed E-state index contributed by atoms with van der Waals surface area (Å²) in [6, 6.07) is 14.2. The predicted molar refractivity (Wildman–Crippen MR) is 111 cm³/mol. The van der Waals surface area contributed by atoms with Gasteiger partial charge in [0.25, 0.3) is 0 Å². The number of rotatable bonds is 4. The molecule has 0 aliphatic carbocycles. The van der Waals surface area contributed by atoms with E-state index < -0.39 is 0 Å². The van der Waals surface area contributed by atoms with Crippen LogP contribution in [0, 0.1) is 6.92 Å². The number of pyridine rings is 1. The van der Waals surface area contributed by atoms with E-state index >= 15 is 0 Å². The summed E-state index contributed by atoms with van der Waals surface area (Å²) in [4.78, 5) is 16.0. The van der Waals surface area contributed by atoms with Crippen molar-refractivity contribution in [1.29, 1.82) is 0 Å². The molecule has 6 heteroatoms. The third kappa shape index (κ3) is 3.67. The van der Waals surface area contributed by atoms with E-state index in [0.717, 1.165) is 54.5 Å². The lowest BCUT2D eigenvalue weighted by atomic mass is 10.1. The third-order valence-electron chi connectivity index (χ3n) is 5.35. The summed E-state index contributed by atoms with van der Waals surface area (Å²) < 4.78 is 1.96. The Hall–Kier alpha value is -3.38. The van der Waals surface area contributed by atoms with Gasteiger partial charge in [0, 0.05) is 67.5 Å². The summed E-state index contributed by atoms with van der Waals surface area (Å²) in [5.41, 5.74) is 6.72. The molecule has 0 saturated heterocycles. The SMILES string of the molecule is Cc1nn(-c2ccccc2)cc1CN1CCc2nc(-c3cccnc3)ncc2C1. The Morgan fingerprint density at radius 1 is 1.03 bits per heavy atom. The molecule has 5 rings (SSSR count). The maximum Gasteiger partial charge on any atom is 0.160 e. The van der Waals surface area contributed by atoms with Crippen molar-refractivity contribution in [1.82, 2.24) is 29.6 Å². The second kappa shape index (κ2) is 7.56. The summed E-state index contributed by atoms with van der Waals surface area (Å²) in [6.45, 7) is 4.80. The van der Waals surface area contributed by atoms with Crippen molar-refractivity contribution < 1.29 is 0 Å². The van der Waals surface area contributed by atoms with Crippen LogP contribution in [0.1, 0.15) is 22.5 Å². The highest BCUT2D eigenvalue weighted by Gasteiger charge is 2.20. The number of hydrogen-bond donors (Lipinski definition) is 0. The van der Waals surface area contributed by atoms with Crippen LogP contribution in [0.4, 0.5) is 0 Å². The van der Waals surface area contributed by atoms with Crippen molar-refractivity contribution in [2.45, 2.75) is 26.4 Å². The highest BCUT2D eigenvalue weighted by molar-refractivity contribution is 5.53. The first-order valence-electron chi connectivity index (χ1n) is 9.84. The molecule has 4 aromatic rings. The molecular formula is C23H22N6. The van der Waals surface area contributed by atoms with E-state index in [2.05, 4.69) is 40.1 Å². The van der Waals surface area contributed by atoms with Crippen LogP contribution in [0.15, 0.2) is 67.3 Å². The van der Waals surface area contributed by atoms with Crippen molar-refractivity contribution >= 4 is 0 Å². The van der Waals surface area contributed by atoms with Crippen molar-refractivity contribution in [3.63, 3.8) is 0 Å². The van der Waals surface area contributed by atoms with Gasteiger partial charge >= 0.3 is 0 Å². The number of benzene rings is 1. The topological polar surface area (TPSA) is 59.7 Å². The van der Waals surface area contributed by atoms with E-state index in [1.54, 1.807) is 6.20 Å². The minimum Gasteiger partial charge on any atom is -0.294 e. The minimum atomic E-state index is 0.755. The molecule has 0 bridgehead atoms. The lowest BCUT2D eigenvalue weighted by molar-refractivity contribution is 0.242. The number of nitrogens with zero attached hydrogens (tertiary/aromatic N) is 6. The fourth-order valence-corrected chi connectivity index (χ4v) is 3.75. The zero-order valence-electron chi connectivity index (χ0n) is 16.4. The zero-order chi connectivity index (χ0) is 19.6. The molecule has 0 amide bonds. The van der Waals surface area contributed by atoms with Crippen LogP contribution >= 0.6 is 0 Å². The van der Waals surface area contributed by atoms with Crippen LogP contribution in [-0.2, 0) is 19.5 Å². The second-order valence-corrected chi connectivity index (χ2v) is 7.39. The third-order valence-corrected chi connectivity index (χ3v) is 5.35. The normalized spacial score (nSPS) is 14.0. The maximum absolute atomic E-state index is 4.79. The van der Waals surface area contributed by atoms with E-state index in [4.69, 9.17) is 10.1 Å². The molecule has 4 heterocycles. The van der Waals surface area contributed by atoms with E-state index in [1.807, 2.05) is 47.4 Å². The first-order chi connectivity index (χ1) is 14.3. The smallest absolute Gasteiger partial charge is 0.160 e. The largest absolute Gasteiger partial charge is 0.294 e. The molecule has 1 aromatic carbocycles. The van der Waals surface area contributed by atoms with Gasteiger partial charge in [0.2, 0.25) is 0 Å². The average molecular weight is 382 g/mol. The first-order valence-corrected chi connectivity index (χ1v) is 9.84. The zero-order valence-corrected chi connectivity index (χ0v) is 16.4. The lowest BCUT2D eigenvalue weighted by Gasteiger charge is -2.27. The molecule has 29 heavy (non-hydrogen) atoms. The standard InChI is InChI=1S/C23H22N6/c1-17-20(16-29(27-17)21-7-3-2-4-8-21)15-28-11-9-22-19(14-28)13-25-23(26-22)18-6-5-10-24-12-18/h2-8,10,12-13,16H,9,11,14-15H2,1H3. The molecular weight excluding hydrogens is 360 g/mol. The quantitative estimate of drug-likeness (QED) is 0.540. The molecule has 0 fully saturated rings. The molecule has 3 aromatic heterocycles. The van der Waals surface area contributed by atoms with Crippen LogP contribution in [-0.4, -0.2) is 36.2 Å². The molecule has 144 valence electrons. The second-order valence-electron chi connectivity index (χ2n) is 7.39. The summed E-state index contributed by atoms with van der Waals surface area (Å²) in [6.07, 6.45) is 8.61. The van der Waals surface area contributed by atoms with Gasteiger partial charge in [0.15, 0.2) is 5.82 Å². The van der Waals surface area contributed by atoms with Crippen molar-refractivity contribution in [3.05, 3.63) is 89.8 Å². The molecule has 1 aliphatic rings. The van der Waals surface area contributed by atoms with Gasteiger partial charge in [-0.1, -0.05) is 18.2 Å². The average Bonchev–Trinajstić information content (AvgIpc) is 3.15. The molecule has 0 radical (unpaired) electrons. The van der Waals surface area contributed by atoms with Gasteiger partial charge in [-0.3, -0.25) is 9.88 Å². The van der Waals surface area contributed by atoms with E-state index in [0.29, 0.717) is 0 Å². The highest BCUT2D eigenvalue weighted by atomic mass is 15.3. The number of fused-ring (bicyclic) bond motifs is 1. The number of aromatic nitrogens is 5. The van der Waals surface area contributed by atoms with Crippen LogP contribution in [0.2, 0.25) is 0 Å². The van der Waals surface area contributed by atoms with Gasteiger partial charge in [-0.05, 0) is 31.2 Å². The number of para-hydroxylation sites is 1. The van der Waals surface area contributed by atoms with Gasteiger partial charge in [0.1, 0.15) is 0 Å². The monoisotopic (exact) mass is 382 g/mol. The highest BCUT2D eigenvalue weighted by Crippen LogP contribution is 2.22. The van der Waals surface area contributed by atoms with E-state index in [-0.39, 0.29) is 0 Å². The number of aryl methyl sites for hydroxylation is 1. The summed E-state index contributed by atoms with van der Waals surface area (Å²) in [7, 11) is 0. The Bertz CT molecular complexity index is 1120. The Labute approximate surface area is 169 Å². The summed E-state index contributed by atoms with van der Waals surface area (Å²) >= 11 is 0. The van der Waals surface area contributed by atoms with Gasteiger partial charge in [-0.25, -0.2) is 14.6 Å². The first kappa shape index (κ1) is 17.7.